The van der Waals surface area contributed by atoms with E-state index in [-0.39, 0.29) is 5.56 Å². The van der Waals surface area contributed by atoms with Crippen LogP contribution in [0.4, 0.5) is 16.0 Å². The zero-order valence-corrected chi connectivity index (χ0v) is 16.4. The Bertz CT molecular complexity index is 1290. The summed E-state index contributed by atoms with van der Waals surface area (Å²) in [4.78, 5) is 25.8. The minimum absolute atomic E-state index is 0.218. The van der Waals surface area contributed by atoms with Crippen LogP contribution in [0.1, 0.15) is 18.1 Å². The van der Waals surface area contributed by atoms with Crippen molar-refractivity contribution in [2.24, 2.45) is 0 Å². The van der Waals surface area contributed by atoms with Crippen molar-refractivity contribution in [3.63, 3.8) is 0 Å². The van der Waals surface area contributed by atoms with Gasteiger partial charge >= 0.3 is 0 Å². The van der Waals surface area contributed by atoms with E-state index in [9.17, 15) is 9.18 Å². The molecule has 9 heteroatoms. The third kappa shape index (κ3) is 3.13. The van der Waals surface area contributed by atoms with Gasteiger partial charge in [0, 0.05) is 25.0 Å². The van der Waals surface area contributed by atoms with Crippen molar-refractivity contribution in [2.75, 3.05) is 11.9 Å². The molecule has 0 atom stereocenters. The standard InChI is InChI=1S/C21H20FN7O/c1-2-28-20(30)17-12-25-21(26-16-5-3-13-7-8-23-10-14(13)9-16)27-19(17)29(28)18-6-4-15(22)11-24-18/h3-6,9,11-12,23H,2,7-8,10H2,1H3,(H,25,26,27). The molecule has 0 unspecified atom stereocenters. The first-order chi connectivity index (χ1) is 14.6. The zero-order chi connectivity index (χ0) is 20.7. The average Bonchev–Trinajstić information content (AvgIpc) is 3.05. The maximum atomic E-state index is 13.4. The van der Waals surface area contributed by atoms with Crippen molar-refractivity contribution >= 4 is 22.7 Å². The molecule has 1 aliphatic rings. The van der Waals surface area contributed by atoms with Crippen molar-refractivity contribution in [1.29, 1.82) is 0 Å². The maximum absolute atomic E-state index is 13.4. The minimum Gasteiger partial charge on any atom is -0.324 e. The van der Waals surface area contributed by atoms with Crippen molar-refractivity contribution in [1.82, 2.24) is 29.6 Å². The van der Waals surface area contributed by atoms with Crippen LogP contribution in [-0.2, 0) is 19.5 Å². The van der Waals surface area contributed by atoms with Crippen molar-refractivity contribution in [3.05, 3.63) is 70.0 Å². The van der Waals surface area contributed by atoms with Crippen LogP contribution in [0.25, 0.3) is 16.9 Å². The van der Waals surface area contributed by atoms with E-state index in [1.54, 1.807) is 4.68 Å². The van der Waals surface area contributed by atoms with Crippen LogP contribution >= 0.6 is 0 Å². The Labute approximate surface area is 171 Å². The van der Waals surface area contributed by atoms with Gasteiger partial charge in [0.2, 0.25) is 5.95 Å². The number of benzene rings is 1. The number of fused-ring (bicyclic) bond motifs is 2. The summed E-state index contributed by atoms with van der Waals surface area (Å²) in [7, 11) is 0. The van der Waals surface area contributed by atoms with Gasteiger partial charge in [-0.1, -0.05) is 6.07 Å². The van der Waals surface area contributed by atoms with Gasteiger partial charge in [-0.3, -0.25) is 4.79 Å². The molecule has 4 aromatic rings. The Morgan fingerprint density at radius 3 is 2.87 bits per heavy atom. The molecule has 0 spiro atoms. The lowest BCUT2D eigenvalue weighted by Gasteiger charge is -2.18. The zero-order valence-electron chi connectivity index (χ0n) is 16.4. The number of pyridine rings is 1. The first kappa shape index (κ1) is 18.4. The molecule has 0 amide bonds. The fourth-order valence-electron chi connectivity index (χ4n) is 3.79. The summed E-state index contributed by atoms with van der Waals surface area (Å²) in [6.45, 7) is 4.09. The van der Waals surface area contributed by atoms with E-state index >= 15 is 0 Å². The van der Waals surface area contributed by atoms with Gasteiger partial charge in [-0.15, -0.1) is 0 Å². The van der Waals surface area contributed by atoms with Gasteiger partial charge in [-0.25, -0.2) is 23.7 Å². The Hall–Kier alpha value is -3.59. The fraction of sp³-hybridized carbons (Fsp3) is 0.238. The van der Waals surface area contributed by atoms with Crippen LogP contribution in [-0.4, -0.2) is 30.9 Å². The third-order valence-corrected chi connectivity index (χ3v) is 5.25. The summed E-state index contributed by atoms with van der Waals surface area (Å²) in [5.74, 6) is 0.338. The van der Waals surface area contributed by atoms with E-state index in [0.717, 1.165) is 31.4 Å². The highest BCUT2D eigenvalue weighted by atomic mass is 19.1. The van der Waals surface area contributed by atoms with Gasteiger partial charge in [-0.05, 0) is 55.3 Å². The van der Waals surface area contributed by atoms with E-state index in [1.807, 2.05) is 13.0 Å². The van der Waals surface area contributed by atoms with Crippen LogP contribution in [0.5, 0.6) is 0 Å². The van der Waals surface area contributed by atoms with Crippen LogP contribution < -0.4 is 16.2 Å². The smallest absolute Gasteiger partial charge is 0.278 e. The molecule has 8 nitrogen and oxygen atoms in total. The number of rotatable bonds is 4. The summed E-state index contributed by atoms with van der Waals surface area (Å²) < 4.78 is 16.5. The highest BCUT2D eigenvalue weighted by Crippen LogP contribution is 2.22. The number of nitrogens with one attached hydrogen (secondary N) is 2. The summed E-state index contributed by atoms with van der Waals surface area (Å²) >= 11 is 0. The molecule has 0 saturated carbocycles. The van der Waals surface area contributed by atoms with Crippen LogP contribution in [0.3, 0.4) is 0 Å². The van der Waals surface area contributed by atoms with Crippen LogP contribution in [0, 0.1) is 5.82 Å². The van der Waals surface area contributed by atoms with E-state index in [0.29, 0.717) is 29.3 Å². The summed E-state index contributed by atoms with van der Waals surface area (Å²) in [6.07, 6.45) is 3.64. The Morgan fingerprint density at radius 1 is 1.17 bits per heavy atom. The topological polar surface area (TPSA) is 89.7 Å². The molecule has 1 aromatic carbocycles. The lowest BCUT2D eigenvalue weighted by atomic mass is 10.0. The predicted molar refractivity (Wildman–Crippen MR) is 112 cm³/mol. The van der Waals surface area contributed by atoms with Crippen LogP contribution in [0.2, 0.25) is 0 Å². The van der Waals surface area contributed by atoms with E-state index < -0.39 is 5.82 Å². The maximum Gasteiger partial charge on any atom is 0.278 e. The summed E-state index contributed by atoms with van der Waals surface area (Å²) in [5, 5.41) is 6.97. The molecule has 1 aliphatic heterocycles. The van der Waals surface area contributed by atoms with E-state index in [1.165, 1.54) is 34.1 Å². The largest absolute Gasteiger partial charge is 0.324 e. The second-order valence-corrected chi connectivity index (χ2v) is 7.13. The number of hydrogen-bond donors (Lipinski definition) is 2. The van der Waals surface area contributed by atoms with Gasteiger partial charge in [0.25, 0.3) is 5.56 Å². The number of halogens is 1. The van der Waals surface area contributed by atoms with Gasteiger partial charge in [0.1, 0.15) is 11.2 Å². The molecule has 30 heavy (non-hydrogen) atoms. The highest BCUT2D eigenvalue weighted by molar-refractivity contribution is 5.77. The molecule has 0 fully saturated rings. The highest BCUT2D eigenvalue weighted by Gasteiger charge is 2.18. The van der Waals surface area contributed by atoms with Crippen molar-refractivity contribution < 1.29 is 4.39 Å². The number of hydrogen-bond acceptors (Lipinski definition) is 6. The molecule has 152 valence electrons. The summed E-state index contributed by atoms with van der Waals surface area (Å²) in [6, 6.07) is 9.03. The third-order valence-electron chi connectivity index (χ3n) is 5.25. The average molecular weight is 405 g/mol. The minimum atomic E-state index is -0.445. The van der Waals surface area contributed by atoms with Gasteiger partial charge in [-0.2, -0.15) is 4.98 Å². The first-order valence-corrected chi connectivity index (χ1v) is 9.84. The second kappa shape index (κ2) is 7.34. The van der Waals surface area contributed by atoms with Crippen LogP contribution in [0.15, 0.2) is 47.5 Å². The quantitative estimate of drug-likeness (QED) is 0.542. The van der Waals surface area contributed by atoms with E-state index in [4.69, 9.17) is 0 Å². The van der Waals surface area contributed by atoms with E-state index in [2.05, 4.69) is 37.7 Å². The molecule has 4 heterocycles. The van der Waals surface area contributed by atoms with Gasteiger partial charge < -0.3 is 10.6 Å². The van der Waals surface area contributed by atoms with Gasteiger partial charge in [0.05, 0.1) is 6.20 Å². The molecule has 3 aromatic heterocycles. The molecule has 2 N–H and O–H groups in total. The van der Waals surface area contributed by atoms with Crippen molar-refractivity contribution in [3.8, 4) is 5.82 Å². The lowest BCUT2D eigenvalue weighted by molar-refractivity contribution is 0.563. The lowest BCUT2D eigenvalue weighted by Crippen LogP contribution is -2.23. The Balaban J connectivity index is 1.59. The monoisotopic (exact) mass is 405 g/mol. The fourth-order valence-corrected chi connectivity index (χ4v) is 3.79. The molecule has 0 saturated heterocycles. The Kier molecular flexibility index (Phi) is 4.51. The number of aromatic nitrogens is 5. The second-order valence-electron chi connectivity index (χ2n) is 7.13. The SMILES string of the molecule is CCn1c(=O)c2cnc(Nc3ccc4c(c3)CNCC4)nc2n1-c1ccc(F)cn1. The number of anilines is 2. The first-order valence-electron chi connectivity index (χ1n) is 9.84. The molecular weight excluding hydrogens is 385 g/mol. The number of nitrogens with zero attached hydrogens (tertiary/aromatic N) is 5. The molecule has 0 aliphatic carbocycles. The van der Waals surface area contributed by atoms with Gasteiger partial charge in [0.15, 0.2) is 11.5 Å². The molecule has 0 bridgehead atoms. The normalized spacial score (nSPS) is 13.4. The molecular formula is C21H20FN7O. The summed E-state index contributed by atoms with van der Waals surface area (Å²) in [5.41, 5.74) is 3.66. The molecule has 0 radical (unpaired) electrons. The van der Waals surface area contributed by atoms with Crippen molar-refractivity contribution in [2.45, 2.75) is 26.4 Å². The predicted octanol–water partition coefficient (Wildman–Crippen LogP) is 2.53. The Morgan fingerprint density at radius 2 is 2.07 bits per heavy atom. The molecule has 5 rings (SSSR count).